The van der Waals surface area contributed by atoms with Crippen molar-refractivity contribution in [2.45, 2.75) is 89.7 Å². The van der Waals surface area contributed by atoms with Crippen LogP contribution >= 0.6 is 0 Å². The van der Waals surface area contributed by atoms with Crippen LogP contribution in [0.2, 0.25) is 0 Å². The molecule has 1 amide bonds. The SMILES string of the molecule is C=C1O[C@H]2C(C)[C@@]1(CC)O[C@H]2n1cnc2c(=NC(=O)c3ccccc3)n(COCc3ccccc3)cnc21.C=C1O[C@H]2C(C)[C@@]1(CC)O[C@H]2n1cnc2c(N)ncnc21. The number of nitrogens with two attached hydrogens (primary N) is 1. The zero-order valence-corrected chi connectivity index (χ0v) is 33.3. The maximum Gasteiger partial charge on any atom is 0.279 e. The average molecular weight is 799 g/mol. The predicted octanol–water partition coefficient (Wildman–Crippen LogP) is 6.01. The number of fused-ring (bicyclic) bond motifs is 6. The first-order valence-corrected chi connectivity index (χ1v) is 19.8. The van der Waals surface area contributed by atoms with E-state index in [1.165, 1.54) is 6.33 Å². The van der Waals surface area contributed by atoms with Gasteiger partial charge in [-0.25, -0.2) is 24.9 Å². The third kappa shape index (κ3) is 6.12. The maximum atomic E-state index is 13.1. The fourth-order valence-electron chi connectivity index (χ4n) is 8.91. The Hall–Kier alpha value is -6.23. The summed E-state index contributed by atoms with van der Waals surface area (Å²) in [7, 11) is 0. The predicted molar refractivity (Wildman–Crippen MR) is 215 cm³/mol. The maximum absolute atomic E-state index is 13.1. The largest absolute Gasteiger partial charge is 0.487 e. The van der Waals surface area contributed by atoms with E-state index in [0.29, 0.717) is 51.6 Å². The van der Waals surface area contributed by atoms with Gasteiger partial charge in [-0.15, -0.1) is 0 Å². The lowest BCUT2D eigenvalue weighted by Gasteiger charge is -2.32. The van der Waals surface area contributed by atoms with Gasteiger partial charge < -0.3 is 29.4 Å². The Kier molecular flexibility index (Phi) is 9.64. The number of ether oxygens (including phenoxy) is 5. The van der Waals surface area contributed by atoms with Crippen LogP contribution in [0.1, 0.15) is 68.9 Å². The van der Waals surface area contributed by atoms with Gasteiger partial charge in [0, 0.05) is 17.4 Å². The highest BCUT2D eigenvalue weighted by Gasteiger charge is 2.63. The molecule has 59 heavy (non-hydrogen) atoms. The number of nitrogen functional groups attached to an aromatic ring is 1. The molecule has 2 N–H and O–H groups in total. The van der Waals surface area contributed by atoms with E-state index >= 15 is 0 Å². The summed E-state index contributed by atoms with van der Waals surface area (Å²) in [6.07, 6.45) is 6.99. The highest BCUT2D eigenvalue weighted by Crippen LogP contribution is 2.56. The molecule has 0 radical (unpaired) electrons. The molecular weight excluding hydrogens is 753 g/mol. The molecule has 2 unspecified atom stereocenters. The number of benzene rings is 2. The molecule has 0 saturated carbocycles. The van der Waals surface area contributed by atoms with E-state index in [2.05, 4.69) is 70.8 Å². The van der Waals surface area contributed by atoms with Crippen LogP contribution < -0.4 is 11.2 Å². The van der Waals surface area contributed by atoms with E-state index in [1.807, 2.05) is 57.7 Å². The monoisotopic (exact) mass is 798 g/mol. The normalized spacial score (nSPS) is 28.2. The molecule has 304 valence electrons. The lowest BCUT2D eigenvalue weighted by Crippen LogP contribution is -2.34. The molecule has 16 nitrogen and oxygen atoms in total. The summed E-state index contributed by atoms with van der Waals surface area (Å²) in [4.78, 5) is 39.4. The number of carbonyl (C=O) groups excluding carboxylic acids is 1. The summed E-state index contributed by atoms with van der Waals surface area (Å²) in [6.45, 7) is 17.1. The lowest BCUT2D eigenvalue weighted by molar-refractivity contribution is -0.136. The quantitative estimate of drug-likeness (QED) is 0.180. The van der Waals surface area contributed by atoms with Gasteiger partial charge in [0.2, 0.25) is 0 Å². The van der Waals surface area contributed by atoms with Gasteiger partial charge >= 0.3 is 0 Å². The Morgan fingerprint density at radius 3 is 1.92 bits per heavy atom. The van der Waals surface area contributed by atoms with Crippen molar-refractivity contribution < 1.29 is 28.5 Å². The van der Waals surface area contributed by atoms with E-state index in [4.69, 9.17) is 29.4 Å². The average Bonchev–Trinajstić information content (AvgIpc) is 4.09. The second kappa shape index (κ2) is 14.9. The topological polar surface area (TPSA) is 181 Å². The van der Waals surface area contributed by atoms with Crippen molar-refractivity contribution in [3.05, 3.63) is 127 Å². The van der Waals surface area contributed by atoms with Crippen molar-refractivity contribution in [2.24, 2.45) is 16.8 Å². The van der Waals surface area contributed by atoms with Gasteiger partial charge in [-0.2, -0.15) is 4.99 Å². The number of hydrogen-bond acceptors (Lipinski definition) is 12. The van der Waals surface area contributed by atoms with E-state index in [1.54, 1.807) is 35.7 Å². The number of anilines is 1. The van der Waals surface area contributed by atoms with Crippen molar-refractivity contribution in [1.82, 2.24) is 38.6 Å². The number of nitrogens with zero attached hydrogens (tertiary/aromatic N) is 9. The molecule has 8 heterocycles. The lowest BCUT2D eigenvalue weighted by atomic mass is 9.86. The van der Waals surface area contributed by atoms with Gasteiger partial charge in [-0.1, -0.05) is 89.4 Å². The van der Waals surface area contributed by atoms with E-state index in [0.717, 1.165) is 24.2 Å². The molecule has 4 bridgehead atoms. The summed E-state index contributed by atoms with van der Waals surface area (Å²) < 4.78 is 36.3. The Balaban J connectivity index is 0.000000180. The van der Waals surface area contributed by atoms with Gasteiger partial charge in [0.25, 0.3) is 5.91 Å². The fourth-order valence-corrected chi connectivity index (χ4v) is 8.91. The van der Waals surface area contributed by atoms with Gasteiger partial charge in [-0.3, -0.25) is 18.5 Å². The fraction of sp³-hybridized carbons (Fsp3) is 0.372. The van der Waals surface area contributed by atoms with E-state index < -0.39 is 17.4 Å². The molecular formula is C43H46N10O6. The molecule has 6 aromatic rings. The molecule has 0 aliphatic carbocycles. The third-order valence-electron chi connectivity index (χ3n) is 12.3. The second-order valence-electron chi connectivity index (χ2n) is 15.3. The minimum atomic E-state index is -0.539. The minimum Gasteiger partial charge on any atom is -0.487 e. The first-order valence-electron chi connectivity index (χ1n) is 19.8. The van der Waals surface area contributed by atoms with E-state index in [9.17, 15) is 4.79 Å². The first kappa shape index (κ1) is 38.3. The van der Waals surface area contributed by atoms with Gasteiger partial charge in [0.15, 0.2) is 40.6 Å². The summed E-state index contributed by atoms with van der Waals surface area (Å²) in [6, 6.07) is 18.8. The van der Waals surface area contributed by atoms with Crippen LogP contribution in [0.5, 0.6) is 0 Å². The molecule has 8 atom stereocenters. The summed E-state index contributed by atoms with van der Waals surface area (Å²) in [5.74, 6) is 1.74. The van der Waals surface area contributed by atoms with Crippen molar-refractivity contribution >= 4 is 34.1 Å². The molecule has 4 aliphatic heterocycles. The Bertz CT molecular complexity index is 2640. The molecule has 4 aromatic heterocycles. The van der Waals surface area contributed by atoms with Crippen LogP contribution in [0.3, 0.4) is 0 Å². The summed E-state index contributed by atoms with van der Waals surface area (Å²) >= 11 is 0. The Labute approximate surface area is 340 Å². The Morgan fingerprint density at radius 1 is 0.780 bits per heavy atom. The van der Waals surface area contributed by atoms with Crippen LogP contribution in [0.15, 0.2) is 116 Å². The van der Waals surface area contributed by atoms with Crippen molar-refractivity contribution in [1.29, 1.82) is 0 Å². The van der Waals surface area contributed by atoms with Gasteiger partial charge in [0.1, 0.15) is 59.8 Å². The first-order chi connectivity index (χ1) is 28.6. The van der Waals surface area contributed by atoms with Crippen LogP contribution in [-0.4, -0.2) is 67.9 Å². The molecule has 10 rings (SSSR count). The van der Waals surface area contributed by atoms with Crippen LogP contribution in [0.4, 0.5) is 5.82 Å². The third-order valence-corrected chi connectivity index (χ3v) is 12.3. The number of carbonyl (C=O) groups is 1. The molecule has 4 fully saturated rings. The standard InChI is InChI=1S/C29H29N5O4.C14H17N5O2/c1-4-29-19(2)24(37-20(29)3)28(38-29)34-17-30-23-25(34)31-16-33(18-36-15-21-11-7-5-8-12-21)26(23)32-27(35)22-13-9-6-10-14-22;1-4-14-7(2)10(20-8(14)3)13(21-14)19-6-18-9-11(15)16-5-17-12(9)19/h5-14,16-17,19,24,28H,3-4,15,18H2,1-2H3;5-7,10,13H,3-4H2,1-2H3,(H2,15,16,17)/t19?,24-,28+,29+;7?,10-,13+,14+/m00/s1. The van der Waals surface area contributed by atoms with Crippen molar-refractivity contribution in [3.63, 3.8) is 0 Å². The second-order valence-corrected chi connectivity index (χ2v) is 15.3. The Morgan fingerprint density at radius 2 is 1.34 bits per heavy atom. The van der Waals surface area contributed by atoms with Crippen LogP contribution in [0.25, 0.3) is 22.3 Å². The summed E-state index contributed by atoms with van der Waals surface area (Å²) in [5, 5.41) is 0. The van der Waals surface area contributed by atoms with Gasteiger partial charge in [-0.05, 0) is 30.5 Å². The molecule has 0 spiro atoms. The van der Waals surface area contributed by atoms with Crippen molar-refractivity contribution in [2.75, 3.05) is 5.73 Å². The highest BCUT2D eigenvalue weighted by molar-refractivity contribution is 5.95. The molecule has 2 aromatic carbocycles. The molecule has 4 saturated heterocycles. The summed E-state index contributed by atoms with van der Waals surface area (Å²) in [5.41, 5.74) is 9.02. The number of hydrogen-bond donors (Lipinski definition) is 1. The number of aromatic nitrogens is 8. The number of imidazole rings is 2. The van der Waals surface area contributed by atoms with Crippen LogP contribution in [-0.2, 0) is 37.0 Å². The zero-order valence-electron chi connectivity index (χ0n) is 33.3. The molecule has 16 heteroatoms. The number of amides is 1. The minimum absolute atomic E-state index is 0.0916. The smallest absolute Gasteiger partial charge is 0.279 e. The van der Waals surface area contributed by atoms with E-state index in [-0.39, 0.29) is 42.9 Å². The van der Waals surface area contributed by atoms with Gasteiger partial charge in [0.05, 0.1) is 19.3 Å². The van der Waals surface area contributed by atoms with Crippen molar-refractivity contribution in [3.8, 4) is 0 Å². The molecule has 4 aliphatic rings. The van der Waals surface area contributed by atoms with Crippen LogP contribution in [0, 0.1) is 11.8 Å². The highest BCUT2D eigenvalue weighted by atomic mass is 16.6. The zero-order chi connectivity index (χ0) is 41.1. The number of rotatable bonds is 9.